The van der Waals surface area contributed by atoms with Crippen molar-refractivity contribution in [2.45, 2.75) is 39.0 Å². The topological polar surface area (TPSA) is 79.7 Å². The van der Waals surface area contributed by atoms with Crippen molar-refractivity contribution in [3.63, 3.8) is 0 Å². The maximum absolute atomic E-state index is 13.3. The fraction of sp³-hybridized carbons (Fsp3) is 0.455. The molecule has 3 heterocycles. The molecule has 1 aliphatic carbocycles. The van der Waals surface area contributed by atoms with Crippen LogP contribution in [0.1, 0.15) is 52.6 Å². The summed E-state index contributed by atoms with van der Waals surface area (Å²) in [6.45, 7) is 5.65. The highest BCUT2D eigenvalue weighted by molar-refractivity contribution is 5.93. The number of hydrogen-bond acceptors (Lipinski definition) is 4. The van der Waals surface area contributed by atoms with E-state index < -0.39 is 0 Å². The van der Waals surface area contributed by atoms with Crippen LogP contribution in [-0.4, -0.2) is 48.9 Å². The summed E-state index contributed by atoms with van der Waals surface area (Å²) in [6.07, 6.45) is 5.25. The zero-order valence-electron chi connectivity index (χ0n) is 17.1. The Bertz CT molecular complexity index is 1080. The first-order chi connectivity index (χ1) is 14.0. The fourth-order valence-electron chi connectivity index (χ4n) is 4.87. The summed E-state index contributed by atoms with van der Waals surface area (Å²) in [4.78, 5) is 15.2. The lowest BCUT2D eigenvalue weighted by Gasteiger charge is -2.42. The molecule has 1 saturated carbocycles. The number of H-pyrrole nitrogens is 1. The SMILES string of the molecule is Cc1ccc(-c2cc(C(=O)N3CC(c4nncn4C)C4(CCC4)C3)[nH]n2)cc1C. The summed E-state index contributed by atoms with van der Waals surface area (Å²) in [5, 5.41) is 15.8. The second-order valence-corrected chi connectivity index (χ2v) is 8.72. The Morgan fingerprint density at radius 2 is 2.03 bits per heavy atom. The van der Waals surface area contributed by atoms with Gasteiger partial charge in [-0.3, -0.25) is 9.89 Å². The van der Waals surface area contributed by atoms with E-state index in [-0.39, 0.29) is 17.2 Å². The van der Waals surface area contributed by atoms with Gasteiger partial charge in [0.05, 0.1) is 5.69 Å². The Morgan fingerprint density at radius 1 is 1.21 bits per heavy atom. The van der Waals surface area contributed by atoms with Gasteiger partial charge in [0.25, 0.3) is 5.91 Å². The number of likely N-dealkylation sites (tertiary alicyclic amines) is 1. The van der Waals surface area contributed by atoms with Gasteiger partial charge in [0, 0.05) is 31.6 Å². The van der Waals surface area contributed by atoms with Gasteiger partial charge < -0.3 is 9.47 Å². The van der Waals surface area contributed by atoms with Crippen molar-refractivity contribution >= 4 is 5.91 Å². The number of carbonyl (C=O) groups excluding carboxylic acids is 1. The molecule has 7 nitrogen and oxygen atoms in total. The number of nitrogens with zero attached hydrogens (tertiary/aromatic N) is 5. The van der Waals surface area contributed by atoms with Gasteiger partial charge in [-0.05, 0) is 55.4 Å². The van der Waals surface area contributed by atoms with E-state index >= 15 is 0 Å². The third-order valence-corrected chi connectivity index (χ3v) is 6.95. The molecule has 5 rings (SSSR count). The number of benzene rings is 1. The van der Waals surface area contributed by atoms with E-state index in [1.165, 1.54) is 17.5 Å². The van der Waals surface area contributed by atoms with Gasteiger partial charge in [-0.2, -0.15) is 5.10 Å². The quantitative estimate of drug-likeness (QED) is 0.745. The van der Waals surface area contributed by atoms with Gasteiger partial charge in [-0.25, -0.2) is 0 Å². The predicted octanol–water partition coefficient (Wildman–Crippen LogP) is 3.23. The highest BCUT2D eigenvalue weighted by Gasteiger charge is 2.53. The van der Waals surface area contributed by atoms with Gasteiger partial charge in [0.2, 0.25) is 0 Å². The van der Waals surface area contributed by atoms with Crippen molar-refractivity contribution in [2.75, 3.05) is 13.1 Å². The molecule has 150 valence electrons. The summed E-state index contributed by atoms with van der Waals surface area (Å²) >= 11 is 0. The Labute approximate surface area is 170 Å². The molecule has 3 aromatic rings. The highest BCUT2D eigenvalue weighted by Crippen LogP contribution is 2.55. The lowest BCUT2D eigenvalue weighted by molar-refractivity contribution is 0.0718. The van der Waals surface area contributed by atoms with Crippen LogP contribution in [0.3, 0.4) is 0 Å². The molecule has 1 spiro atoms. The minimum Gasteiger partial charge on any atom is -0.336 e. The van der Waals surface area contributed by atoms with Crippen molar-refractivity contribution in [3.8, 4) is 11.3 Å². The van der Waals surface area contributed by atoms with E-state index in [0.717, 1.165) is 36.5 Å². The third kappa shape index (κ3) is 2.87. The van der Waals surface area contributed by atoms with E-state index in [4.69, 9.17) is 0 Å². The van der Waals surface area contributed by atoms with Crippen LogP contribution in [0.25, 0.3) is 11.3 Å². The first kappa shape index (κ1) is 18.1. The second-order valence-electron chi connectivity index (χ2n) is 8.72. The largest absolute Gasteiger partial charge is 0.336 e. The minimum atomic E-state index is 0.0172. The third-order valence-electron chi connectivity index (χ3n) is 6.95. The van der Waals surface area contributed by atoms with Crippen LogP contribution >= 0.6 is 0 Å². The summed E-state index contributed by atoms with van der Waals surface area (Å²) in [7, 11) is 1.98. The van der Waals surface area contributed by atoms with Crippen molar-refractivity contribution in [2.24, 2.45) is 12.5 Å². The molecule has 2 aliphatic rings. The number of aryl methyl sites for hydroxylation is 3. The number of rotatable bonds is 3. The van der Waals surface area contributed by atoms with Crippen LogP contribution in [0.2, 0.25) is 0 Å². The fourth-order valence-corrected chi connectivity index (χ4v) is 4.87. The zero-order chi connectivity index (χ0) is 20.2. The molecule has 2 fully saturated rings. The molecule has 1 unspecified atom stereocenters. The lowest BCUT2D eigenvalue weighted by atomic mass is 9.62. The molecule has 1 aromatic carbocycles. The zero-order valence-corrected chi connectivity index (χ0v) is 17.1. The standard InChI is InChI=1S/C22H26N6O/c1-14-5-6-16(9-15(14)2)18-10-19(25-24-18)21(29)28-11-17(20-26-23-13-27(20)3)22(12-28)7-4-8-22/h5-6,9-10,13,17H,4,7-8,11-12H2,1-3H3,(H,24,25). The van der Waals surface area contributed by atoms with Crippen LogP contribution in [0.5, 0.6) is 0 Å². The predicted molar refractivity (Wildman–Crippen MR) is 109 cm³/mol. The number of aromatic amines is 1. The average Bonchev–Trinajstić information content (AvgIpc) is 3.40. The van der Waals surface area contributed by atoms with E-state index in [9.17, 15) is 4.79 Å². The monoisotopic (exact) mass is 390 g/mol. The average molecular weight is 390 g/mol. The van der Waals surface area contributed by atoms with Crippen LogP contribution in [0, 0.1) is 19.3 Å². The maximum atomic E-state index is 13.3. The number of carbonyl (C=O) groups is 1. The molecule has 0 radical (unpaired) electrons. The second kappa shape index (κ2) is 6.54. The molecule has 1 amide bonds. The summed E-state index contributed by atoms with van der Waals surface area (Å²) < 4.78 is 1.99. The molecule has 29 heavy (non-hydrogen) atoms. The van der Waals surface area contributed by atoms with E-state index in [2.05, 4.69) is 52.4 Å². The number of nitrogens with one attached hydrogen (secondary N) is 1. The molecule has 1 N–H and O–H groups in total. The highest BCUT2D eigenvalue weighted by atomic mass is 16.2. The Kier molecular flexibility index (Phi) is 4.08. The lowest BCUT2D eigenvalue weighted by Crippen LogP contribution is -2.38. The summed E-state index contributed by atoms with van der Waals surface area (Å²) in [5.74, 6) is 1.25. The van der Waals surface area contributed by atoms with E-state index in [0.29, 0.717) is 12.2 Å². The van der Waals surface area contributed by atoms with Crippen LogP contribution in [0.15, 0.2) is 30.6 Å². The van der Waals surface area contributed by atoms with Crippen molar-refractivity contribution in [1.82, 2.24) is 29.9 Å². The molecule has 1 aliphatic heterocycles. The smallest absolute Gasteiger partial charge is 0.271 e. The molecule has 7 heteroatoms. The van der Waals surface area contributed by atoms with Gasteiger partial charge in [-0.15, -0.1) is 10.2 Å². The molecular weight excluding hydrogens is 364 g/mol. The van der Waals surface area contributed by atoms with Crippen LogP contribution < -0.4 is 0 Å². The summed E-state index contributed by atoms with van der Waals surface area (Å²) in [5.41, 5.74) is 4.99. The van der Waals surface area contributed by atoms with E-state index in [1.807, 2.05) is 22.6 Å². The molecule has 2 aromatic heterocycles. The van der Waals surface area contributed by atoms with Gasteiger partial charge in [0.1, 0.15) is 17.8 Å². The molecule has 1 saturated heterocycles. The first-order valence-electron chi connectivity index (χ1n) is 10.2. The molecular formula is C22H26N6O. The van der Waals surface area contributed by atoms with E-state index in [1.54, 1.807) is 6.33 Å². The van der Waals surface area contributed by atoms with Crippen LogP contribution in [-0.2, 0) is 7.05 Å². The van der Waals surface area contributed by atoms with Gasteiger partial charge >= 0.3 is 0 Å². The number of hydrogen-bond donors (Lipinski definition) is 1. The van der Waals surface area contributed by atoms with Crippen molar-refractivity contribution < 1.29 is 4.79 Å². The Hall–Kier alpha value is -2.96. The first-order valence-corrected chi connectivity index (χ1v) is 10.2. The molecule has 0 bridgehead atoms. The van der Waals surface area contributed by atoms with Crippen LogP contribution in [0.4, 0.5) is 0 Å². The van der Waals surface area contributed by atoms with Crippen molar-refractivity contribution in [1.29, 1.82) is 0 Å². The van der Waals surface area contributed by atoms with Gasteiger partial charge in [-0.1, -0.05) is 18.6 Å². The summed E-state index contributed by atoms with van der Waals surface area (Å²) in [6, 6.07) is 8.13. The number of aromatic nitrogens is 5. The Morgan fingerprint density at radius 3 is 2.69 bits per heavy atom. The Balaban J connectivity index is 1.39. The molecule has 1 atom stereocenters. The normalized spacial score (nSPS) is 20.2. The number of amides is 1. The maximum Gasteiger partial charge on any atom is 0.271 e. The van der Waals surface area contributed by atoms with Gasteiger partial charge in [0.15, 0.2) is 0 Å². The minimum absolute atomic E-state index is 0.0172. The van der Waals surface area contributed by atoms with Crippen molar-refractivity contribution in [3.05, 3.63) is 53.2 Å².